The summed E-state index contributed by atoms with van der Waals surface area (Å²) in [5.41, 5.74) is 15.5. The monoisotopic (exact) mass is 354 g/mol. The van der Waals surface area contributed by atoms with Gasteiger partial charge in [0.1, 0.15) is 5.78 Å². The summed E-state index contributed by atoms with van der Waals surface area (Å²) in [7, 11) is 7.88. The summed E-state index contributed by atoms with van der Waals surface area (Å²) < 4.78 is 0. The van der Waals surface area contributed by atoms with Gasteiger partial charge in [0, 0.05) is 24.5 Å². The van der Waals surface area contributed by atoms with Gasteiger partial charge in [0.2, 0.25) is 0 Å². The van der Waals surface area contributed by atoms with Crippen LogP contribution in [0, 0.1) is 0 Å². The predicted octanol–water partition coefficient (Wildman–Crippen LogP) is 2.41. The molecule has 2 rings (SSSR count). The standard InChI is InChI=1S/C21H30N4O/c1-24(2)13-17(15-9-5-7-11-19(15)22)21(26)18(14-25(3)4)16-10-6-8-12-20(16)23/h5-12,17-18H,13-14,22-23H2,1-4H3. The Hall–Kier alpha value is -2.37. The summed E-state index contributed by atoms with van der Waals surface area (Å²) in [4.78, 5) is 17.7. The SMILES string of the molecule is CN(C)CC(C(=O)C(CN(C)C)c1ccccc1N)c1ccccc1N. The second kappa shape index (κ2) is 8.83. The van der Waals surface area contributed by atoms with Crippen LogP contribution < -0.4 is 11.5 Å². The van der Waals surface area contributed by atoms with E-state index in [0.29, 0.717) is 24.5 Å². The molecule has 2 aromatic rings. The molecular weight excluding hydrogens is 324 g/mol. The number of hydrogen-bond donors (Lipinski definition) is 2. The van der Waals surface area contributed by atoms with E-state index in [2.05, 4.69) is 0 Å². The van der Waals surface area contributed by atoms with Crippen molar-refractivity contribution in [3.63, 3.8) is 0 Å². The van der Waals surface area contributed by atoms with Gasteiger partial charge < -0.3 is 21.3 Å². The van der Waals surface area contributed by atoms with E-state index in [1.165, 1.54) is 0 Å². The minimum absolute atomic E-state index is 0.142. The molecule has 0 aliphatic carbocycles. The molecule has 5 heteroatoms. The average Bonchev–Trinajstić information content (AvgIpc) is 2.58. The largest absolute Gasteiger partial charge is 0.398 e. The summed E-state index contributed by atoms with van der Waals surface area (Å²) >= 11 is 0. The van der Waals surface area contributed by atoms with Crippen molar-refractivity contribution >= 4 is 17.2 Å². The molecule has 0 bridgehead atoms. The summed E-state index contributed by atoms with van der Waals surface area (Å²) in [6, 6.07) is 15.2. The van der Waals surface area contributed by atoms with Gasteiger partial charge in [-0.05, 0) is 51.5 Å². The van der Waals surface area contributed by atoms with Gasteiger partial charge in [-0.3, -0.25) is 4.79 Å². The number of benzene rings is 2. The van der Waals surface area contributed by atoms with Crippen LogP contribution in [0.5, 0.6) is 0 Å². The zero-order valence-corrected chi connectivity index (χ0v) is 16.1. The highest BCUT2D eigenvalue weighted by atomic mass is 16.1. The van der Waals surface area contributed by atoms with E-state index in [1.807, 2.05) is 86.5 Å². The van der Waals surface area contributed by atoms with Crippen LogP contribution in [0.15, 0.2) is 48.5 Å². The first-order valence-electron chi connectivity index (χ1n) is 8.83. The Balaban J connectivity index is 2.48. The Kier molecular flexibility index (Phi) is 6.77. The van der Waals surface area contributed by atoms with Crippen LogP contribution in [-0.2, 0) is 4.79 Å². The highest BCUT2D eigenvalue weighted by Gasteiger charge is 2.32. The van der Waals surface area contributed by atoms with E-state index >= 15 is 0 Å². The molecule has 2 aromatic carbocycles. The Morgan fingerprint density at radius 2 is 1.12 bits per heavy atom. The van der Waals surface area contributed by atoms with E-state index in [9.17, 15) is 4.79 Å². The van der Waals surface area contributed by atoms with Gasteiger partial charge in [0.15, 0.2) is 0 Å². The first-order chi connectivity index (χ1) is 12.3. The van der Waals surface area contributed by atoms with Gasteiger partial charge >= 0.3 is 0 Å². The van der Waals surface area contributed by atoms with E-state index in [-0.39, 0.29) is 17.6 Å². The lowest BCUT2D eigenvalue weighted by Gasteiger charge is -2.28. The molecule has 4 N–H and O–H groups in total. The van der Waals surface area contributed by atoms with Gasteiger partial charge in [0.25, 0.3) is 0 Å². The number of likely N-dealkylation sites (N-methyl/N-ethyl adjacent to an activating group) is 2. The van der Waals surface area contributed by atoms with Crippen molar-refractivity contribution in [2.75, 3.05) is 52.7 Å². The molecule has 0 amide bonds. The predicted molar refractivity (Wildman–Crippen MR) is 109 cm³/mol. The molecule has 5 nitrogen and oxygen atoms in total. The molecule has 0 aliphatic heterocycles. The number of nitrogens with zero attached hydrogens (tertiary/aromatic N) is 2. The molecule has 140 valence electrons. The smallest absolute Gasteiger partial charge is 0.150 e. The third-order valence-electron chi connectivity index (χ3n) is 4.53. The Morgan fingerprint density at radius 1 is 0.769 bits per heavy atom. The topological polar surface area (TPSA) is 75.6 Å². The maximum Gasteiger partial charge on any atom is 0.150 e. The van der Waals surface area contributed by atoms with Crippen LogP contribution in [0.4, 0.5) is 11.4 Å². The van der Waals surface area contributed by atoms with Gasteiger partial charge in [-0.25, -0.2) is 0 Å². The molecule has 2 unspecified atom stereocenters. The maximum absolute atomic E-state index is 13.7. The number of carbonyl (C=O) groups is 1. The number of para-hydroxylation sites is 2. The second-order valence-electron chi connectivity index (χ2n) is 7.29. The Labute approximate surface area is 156 Å². The zero-order valence-electron chi connectivity index (χ0n) is 16.1. The van der Waals surface area contributed by atoms with Crippen molar-refractivity contribution in [1.29, 1.82) is 0 Å². The van der Waals surface area contributed by atoms with Gasteiger partial charge in [-0.1, -0.05) is 36.4 Å². The first-order valence-corrected chi connectivity index (χ1v) is 8.83. The fraction of sp³-hybridized carbons (Fsp3) is 0.381. The summed E-state index contributed by atoms with van der Waals surface area (Å²) in [5.74, 6) is -0.477. The molecular formula is C21H30N4O. The van der Waals surface area contributed by atoms with Crippen LogP contribution in [0.3, 0.4) is 0 Å². The molecule has 0 aromatic heterocycles. The summed E-state index contributed by atoms with van der Waals surface area (Å²) in [6.45, 7) is 1.20. The lowest BCUT2D eigenvalue weighted by atomic mass is 9.82. The Morgan fingerprint density at radius 3 is 1.42 bits per heavy atom. The highest BCUT2D eigenvalue weighted by molar-refractivity contribution is 5.94. The third-order valence-corrected chi connectivity index (χ3v) is 4.53. The van der Waals surface area contributed by atoms with E-state index < -0.39 is 0 Å². The van der Waals surface area contributed by atoms with Crippen molar-refractivity contribution in [1.82, 2.24) is 9.80 Å². The van der Waals surface area contributed by atoms with E-state index in [1.54, 1.807) is 0 Å². The number of carbonyl (C=O) groups excluding carboxylic acids is 1. The fourth-order valence-corrected chi connectivity index (χ4v) is 3.31. The van der Waals surface area contributed by atoms with Crippen LogP contribution in [0.2, 0.25) is 0 Å². The number of ketones is 1. The number of nitrogens with two attached hydrogens (primary N) is 2. The van der Waals surface area contributed by atoms with Crippen molar-refractivity contribution in [2.24, 2.45) is 0 Å². The minimum atomic E-state index is -0.309. The van der Waals surface area contributed by atoms with Crippen molar-refractivity contribution in [3.05, 3.63) is 59.7 Å². The number of nitrogen functional groups attached to an aromatic ring is 2. The molecule has 0 saturated heterocycles. The Bertz CT molecular complexity index is 681. The second-order valence-corrected chi connectivity index (χ2v) is 7.29. The molecule has 0 radical (unpaired) electrons. The molecule has 0 heterocycles. The molecule has 0 spiro atoms. The minimum Gasteiger partial charge on any atom is -0.398 e. The quantitative estimate of drug-likeness (QED) is 0.712. The fourth-order valence-electron chi connectivity index (χ4n) is 3.31. The molecule has 2 atom stereocenters. The lowest BCUT2D eigenvalue weighted by Crippen LogP contribution is -2.34. The number of rotatable bonds is 8. The highest BCUT2D eigenvalue weighted by Crippen LogP contribution is 2.32. The summed E-state index contributed by atoms with van der Waals surface area (Å²) in [5, 5.41) is 0. The van der Waals surface area contributed by atoms with Crippen molar-refractivity contribution in [2.45, 2.75) is 11.8 Å². The summed E-state index contributed by atoms with van der Waals surface area (Å²) in [6.07, 6.45) is 0. The van der Waals surface area contributed by atoms with Crippen molar-refractivity contribution in [3.8, 4) is 0 Å². The lowest BCUT2D eigenvalue weighted by molar-refractivity contribution is -0.122. The van der Waals surface area contributed by atoms with Gasteiger partial charge in [-0.2, -0.15) is 0 Å². The van der Waals surface area contributed by atoms with Crippen LogP contribution in [0.1, 0.15) is 23.0 Å². The van der Waals surface area contributed by atoms with E-state index in [0.717, 1.165) is 11.1 Å². The van der Waals surface area contributed by atoms with Crippen LogP contribution >= 0.6 is 0 Å². The number of anilines is 2. The van der Waals surface area contributed by atoms with Crippen LogP contribution in [0.25, 0.3) is 0 Å². The maximum atomic E-state index is 13.7. The normalized spacial score (nSPS) is 13.8. The molecule has 26 heavy (non-hydrogen) atoms. The van der Waals surface area contributed by atoms with Crippen LogP contribution in [-0.4, -0.2) is 56.9 Å². The first kappa shape index (κ1) is 19.9. The van der Waals surface area contributed by atoms with Gasteiger partial charge in [-0.15, -0.1) is 0 Å². The molecule has 0 aliphatic rings. The number of Topliss-reactive ketones (excluding diaryl/α,β-unsaturated/α-hetero) is 1. The van der Waals surface area contributed by atoms with E-state index in [4.69, 9.17) is 11.5 Å². The average molecular weight is 354 g/mol. The zero-order chi connectivity index (χ0) is 19.3. The number of hydrogen-bond acceptors (Lipinski definition) is 5. The molecule has 0 fully saturated rings. The van der Waals surface area contributed by atoms with Gasteiger partial charge in [0.05, 0.1) is 11.8 Å². The van der Waals surface area contributed by atoms with Crippen molar-refractivity contribution < 1.29 is 4.79 Å². The third kappa shape index (κ3) is 4.84. The molecule has 0 saturated carbocycles.